The molecule has 7 heteroatoms. The third-order valence-corrected chi connectivity index (χ3v) is 2.73. The lowest BCUT2D eigenvalue weighted by atomic mass is 10.1. The Balaban J connectivity index is 0.00000361. The van der Waals surface area contributed by atoms with Crippen LogP contribution in [-0.4, -0.2) is 38.0 Å². The lowest BCUT2D eigenvalue weighted by Crippen LogP contribution is -2.33. The van der Waals surface area contributed by atoms with E-state index >= 15 is 0 Å². The molecule has 1 rings (SSSR count). The maximum Gasteiger partial charge on any atom is 0.416 e. The van der Waals surface area contributed by atoms with Crippen molar-refractivity contribution >= 4 is 18.3 Å². The van der Waals surface area contributed by atoms with Crippen LogP contribution in [0.5, 0.6) is 0 Å². The number of nitrogens with zero attached hydrogens (tertiary/aromatic N) is 1. The van der Waals surface area contributed by atoms with Gasteiger partial charge in [-0.2, -0.15) is 13.2 Å². The van der Waals surface area contributed by atoms with Crippen molar-refractivity contribution in [3.63, 3.8) is 0 Å². The number of carbonyl (C=O) groups is 1. The van der Waals surface area contributed by atoms with Gasteiger partial charge in [-0.3, -0.25) is 4.79 Å². The summed E-state index contributed by atoms with van der Waals surface area (Å²) < 4.78 is 37.6. The number of hydrogen-bond donors (Lipinski definition) is 1. The van der Waals surface area contributed by atoms with E-state index < -0.39 is 11.7 Å². The van der Waals surface area contributed by atoms with Gasteiger partial charge in [0, 0.05) is 20.1 Å². The topological polar surface area (TPSA) is 32.3 Å². The molecule has 0 aromatic heterocycles. The zero-order valence-corrected chi connectivity index (χ0v) is 12.1. The van der Waals surface area contributed by atoms with Gasteiger partial charge in [0.1, 0.15) is 0 Å². The largest absolute Gasteiger partial charge is 0.416 e. The van der Waals surface area contributed by atoms with Crippen LogP contribution in [0.4, 0.5) is 13.2 Å². The normalized spacial score (nSPS) is 10.8. The third kappa shape index (κ3) is 5.79. The summed E-state index contributed by atoms with van der Waals surface area (Å²) in [5.74, 6) is -0.199. The molecule has 0 heterocycles. The molecular weight excluding hydrogens is 293 g/mol. The predicted molar refractivity (Wildman–Crippen MR) is 74.0 cm³/mol. The van der Waals surface area contributed by atoms with Gasteiger partial charge in [-0.25, -0.2) is 0 Å². The Morgan fingerprint density at radius 1 is 1.35 bits per heavy atom. The first-order valence-corrected chi connectivity index (χ1v) is 5.89. The molecule has 0 aliphatic carbocycles. The number of likely N-dealkylation sites (N-methyl/N-ethyl adjacent to an activating group) is 2. The monoisotopic (exact) mass is 310 g/mol. The standard InChI is InChI=1S/C13H17F3N2O.ClH/c1-17-6-7-18(2)12(19)9-10-4-3-5-11(8-10)13(14,15)16;/h3-5,8,17H,6-7,9H2,1-2H3;1H. The van der Waals surface area contributed by atoms with Crippen LogP contribution in [0.1, 0.15) is 11.1 Å². The number of benzene rings is 1. The molecule has 1 amide bonds. The fourth-order valence-corrected chi connectivity index (χ4v) is 1.57. The SMILES string of the molecule is CNCCN(C)C(=O)Cc1cccc(C(F)(F)F)c1.Cl. The maximum atomic E-state index is 12.5. The van der Waals surface area contributed by atoms with Crippen molar-refractivity contribution in [3.05, 3.63) is 35.4 Å². The van der Waals surface area contributed by atoms with E-state index in [2.05, 4.69) is 5.32 Å². The third-order valence-electron chi connectivity index (χ3n) is 2.73. The van der Waals surface area contributed by atoms with Gasteiger partial charge in [0.25, 0.3) is 0 Å². The van der Waals surface area contributed by atoms with Gasteiger partial charge in [-0.1, -0.05) is 18.2 Å². The van der Waals surface area contributed by atoms with Crippen LogP contribution in [0.15, 0.2) is 24.3 Å². The molecule has 20 heavy (non-hydrogen) atoms. The fraction of sp³-hybridized carbons (Fsp3) is 0.462. The molecule has 0 saturated carbocycles. The molecule has 0 saturated heterocycles. The minimum atomic E-state index is -4.38. The van der Waals surface area contributed by atoms with Crippen LogP contribution < -0.4 is 5.32 Å². The average molecular weight is 311 g/mol. The molecule has 0 fully saturated rings. The van der Waals surface area contributed by atoms with Crippen LogP contribution in [0.2, 0.25) is 0 Å². The molecule has 1 N–H and O–H groups in total. The summed E-state index contributed by atoms with van der Waals surface area (Å²) in [5.41, 5.74) is -0.355. The fourth-order valence-electron chi connectivity index (χ4n) is 1.57. The predicted octanol–water partition coefficient (Wildman–Crippen LogP) is 2.35. The van der Waals surface area contributed by atoms with Crippen molar-refractivity contribution in [2.45, 2.75) is 12.6 Å². The Kier molecular flexibility index (Phi) is 7.60. The lowest BCUT2D eigenvalue weighted by molar-refractivity contribution is -0.137. The van der Waals surface area contributed by atoms with Crippen molar-refractivity contribution in [1.29, 1.82) is 0 Å². The number of alkyl halides is 3. The minimum Gasteiger partial charge on any atom is -0.344 e. The highest BCUT2D eigenvalue weighted by atomic mass is 35.5. The molecule has 0 aliphatic rings. The van der Waals surface area contributed by atoms with Gasteiger partial charge in [-0.15, -0.1) is 12.4 Å². The summed E-state index contributed by atoms with van der Waals surface area (Å²) in [6.07, 6.45) is -4.40. The van der Waals surface area contributed by atoms with E-state index in [1.54, 1.807) is 14.1 Å². The van der Waals surface area contributed by atoms with Crippen molar-refractivity contribution in [1.82, 2.24) is 10.2 Å². The van der Waals surface area contributed by atoms with E-state index in [0.29, 0.717) is 18.7 Å². The smallest absolute Gasteiger partial charge is 0.344 e. The molecule has 1 aromatic carbocycles. The second kappa shape index (κ2) is 8.11. The average Bonchev–Trinajstić information content (AvgIpc) is 2.35. The van der Waals surface area contributed by atoms with E-state index in [4.69, 9.17) is 0 Å². The van der Waals surface area contributed by atoms with Gasteiger partial charge in [0.05, 0.1) is 12.0 Å². The molecule has 0 radical (unpaired) electrons. The highest BCUT2D eigenvalue weighted by Crippen LogP contribution is 2.29. The first kappa shape index (κ1) is 18.7. The van der Waals surface area contributed by atoms with Crippen molar-refractivity contribution < 1.29 is 18.0 Å². The van der Waals surface area contributed by atoms with Crippen LogP contribution in [0, 0.1) is 0 Å². The number of nitrogens with one attached hydrogen (secondary N) is 1. The van der Waals surface area contributed by atoms with Crippen LogP contribution in [-0.2, 0) is 17.4 Å². The van der Waals surface area contributed by atoms with Crippen LogP contribution >= 0.6 is 12.4 Å². The highest BCUT2D eigenvalue weighted by molar-refractivity contribution is 5.85. The molecule has 0 atom stereocenters. The molecule has 0 unspecified atom stereocenters. The van der Waals surface area contributed by atoms with Crippen LogP contribution in [0.3, 0.4) is 0 Å². The number of hydrogen-bond acceptors (Lipinski definition) is 2. The van der Waals surface area contributed by atoms with E-state index in [0.717, 1.165) is 12.1 Å². The summed E-state index contributed by atoms with van der Waals surface area (Å²) in [6, 6.07) is 4.86. The van der Waals surface area contributed by atoms with Gasteiger partial charge in [-0.05, 0) is 18.7 Å². The molecule has 0 spiro atoms. The molecular formula is C13H18ClF3N2O. The Morgan fingerprint density at radius 3 is 2.55 bits per heavy atom. The number of halogens is 4. The number of rotatable bonds is 5. The molecule has 0 bridgehead atoms. The zero-order chi connectivity index (χ0) is 14.5. The van der Waals surface area contributed by atoms with Gasteiger partial charge in [0.2, 0.25) is 5.91 Å². The Morgan fingerprint density at radius 2 is 2.00 bits per heavy atom. The van der Waals surface area contributed by atoms with Gasteiger partial charge < -0.3 is 10.2 Å². The summed E-state index contributed by atoms with van der Waals surface area (Å²) >= 11 is 0. The molecule has 114 valence electrons. The molecule has 0 aliphatic heterocycles. The first-order valence-electron chi connectivity index (χ1n) is 5.89. The van der Waals surface area contributed by atoms with Gasteiger partial charge in [0.15, 0.2) is 0 Å². The van der Waals surface area contributed by atoms with Crippen molar-refractivity contribution in [2.75, 3.05) is 27.2 Å². The minimum absolute atomic E-state index is 0. The Labute approximate surface area is 122 Å². The van der Waals surface area contributed by atoms with E-state index in [-0.39, 0.29) is 24.7 Å². The maximum absolute atomic E-state index is 12.5. The Hall–Kier alpha value is -1.27. The summed E-state index contributed by atoms with van der Waals surface area (Å²) in [4.78, 5) is 13.3. The summed E-state index contributed by atoms with van der Waals surface area (Å²) in [5, 5.41) is 2.90. The number of carbonyl (C=O) groups excluding carboxylic acids is 1. The summed E-state index contributed by atoms with van der Waals surface area (Å²) in [7, 11) is 3.40. The van der Waals surface area contributed by atoms with Crippen molar-refractivity contribution in [3.8, 4) is 0 Å². The quantitative estimate of drug-likeness (QED) is 0.905. The highest BCUT2D eigenvalue weighted by Gasteiger charge is 2.30. The lowest BCUT2D eigenvalue weighted by Gasteiger charge is -2.17. The Bertz CT molecular complexity index is 438. The summed E-state index contributed by atoms with van der Waals surface area (Å²) in [6.45, 7) is 1.17. The second-order valence-corrected chi connectivity index (χ2v) is 4.29. The van der Waals surface area contributed by atoms with Crippen LogP contribution in [0.25, 0.3) is 0 Å². The van der Waals surface area contributed by atoms with E-state index in [1.165, 1.54) is 17.0 Å². The first-order chi connectivity index (χ1) is 8.84. The number of amides is 1. The molecule has 1 aromatic rings. The van der Waals surface area contributed by atoms with E-state index in [1.807, 2.05) is 0 Å². The molecule has 3 nitrogen and oxygen atoms in total. The second-order valence-electron chi connectivity index (χ2n) is 4.29. The van der Waals surface area contributed by atoms with Crippen molar-refractivity contribution in [2.24, 2.45) is 0 Å². The zero-order valence-electron chi connectivity index (χ0n) is 11.3. The van der Waals surface area contributed by atoms with Gasteiger partial charge >= 0.3 is 6.18 Å². The van der Waals surface area contributed by atoms with E-state index in [9.17, 15) is 18.0 Å².